The molecule has 10 nitrogen and oxygen atoms in total. The van der Waals surface area contributed by atoms with E-state index in [1.54, 1.807) is 18.2 Å². The van der Waals surface area contributed by atoms with Crippen molar-refractivity contribution < 1.29 is 28.6 Å². The maximum absolute atomic E-state index is 14.1. The molecule has 2 saturated carbocycles. The Labute approximate surface area is 241 Å². The van der Waals surface area contributed by atoms with Crippen molar-refractivity contribution in [1.82, 2.24) is 14.8 Å². The van der Waals surface area contributed by atoms with E-state index in [9.17, 15) is 19.2 Å². The largest absolute Gasteiger partial charge is 0.473 e. The number of hydrogen-bond donors (Lipinski definition) is 1. The average Bonchev–Trinajstić information content (AvgIpc) is 3.73. The van der Waals surface area contributed by atoms with E-state index in [4.69, 9.17) is 14.2 Å². The second kappa shape index (κ2) is 14.4. The Hall–Kier alpha value is -3.56. The number of pyridine rings is 1. The molecule has 0 spiro atoms. The molecule has 41 heavy (non-hydrogen) atoms. The molecule has 3 fully saturated rings. The van der Waals surface area contributed by atoms with E-state index in [0.29, 0.717) is 5.88 Å². The number of carbonyl (C=O) groups excluding carboxylic acids is 3. The molecule has 2 amide bonds. The maximum Gasteiger partial charge on any atom is 0.408 e. The van der Waals surface area contributed by atoms with Gasteiger partial charge >= 0.3 is 12.1 Å². The number of nitrogens with zero attached hydrogens (tertiary/aromatic N) is 2. The fourth-order valence-electron chi connectivity index (χ4n) is 6.54. The quantitative estimate of drug-likeness (QED) is 0.299. The highest BCUT2D eigenvalue weighted by molar-refractivity contribution is 5.90. The summed E-state index contributed by atoms with van der Waals surface area (Å²) in [4.78, 5) is 53.8. The van der Waals surface area contributed by atoms with Crippen molar-refractivity contribution in [3.8, 4) is 5.88 Å². The zero-order valence-corrected chi connectivity index (χ0v) is 24.0. The van der Waals surface area contributed by atoms with Crippen LogP contribution in [0.3, 0.4) is 0 Å². The fraction of sp³-hybridized carbons (Fsp3) is 0.613. The van der Waals surface area contributed by atoms with Crippen LogP contribution in [-0.4, -0.2) is 65.4 Å². The Bertz CT molecular complexity index is 1160. The number of methoxy groups -OCH3 is 1. The summed E-state index contributed by atoms with van der Waals surface area (Å²) in [6, 6.07) is 3.01. The lowest BCUT2D eigenvalue weighted by atomic mass is 9.96. The molecule has 0 radical (unpaired) electrons. The number of carbonyl (C=O) groups is 3. The third kappa shape index (κ3) is 7.40. The number of hydrogen-bond acceptors (Lipinski definition) is 7. The molecule has 2 aliphatic carbocycles. The Morgan fingerprint density at radius 3 is 2.59 bits per heavy atom. The molecule has 10 heteroatoms. The highest BCUT2D eigenvalue weighted by Crippen LogP contribution is 2.34. The molecule has 0 aromatic carbocycles. The van der Waals surface area contributed by atoms with Crippen LogP contribution in [0.25, 0.3) is 0 Å². The van der Waals surface area contributed by atoms with Gasteiger partial charge in [0.25, 0.3) is 5.56 Å². The van der Waals surface area contributed by atoms with Crippen molar-refractivity contribution in [3.63, 3.8) is 0 Å². The van der Waals surface area contributed by atoms with Gasteiger partial charge in [0.15, 0.2) is 5.88 Å². The van der Waals surface area contributed by atoms with Gasteiger partial charge in [-0.25, -0.2) is 9.59 Å². The Kier molecular flexibility index (Phi) is 10.7. The van der Waals surface area contributed by atoms with Crippen molar-refractivity contribution in [2.45, 2.75) is 95.0 Å². The molecule has 1 aliphatic heterocycles. The molecule has 2 heterocycles. The monoisotopic (exact) mass is 569 g/mol. The summed E-state index contributed by atoms with van der Waals surface area (Å²) >= 11 is 0. The first-order valence-electron chi connectivity index (χ1n) is 14.8. The van der Waals surface area contributed by atoms with E-state index in [0.717, 1.165) is 57.8 Å². The number of esters is 1. The Morgan fingerprint density at radius 2 is 1.88 bits per heavy atom. The van der Waals surface area contributed by atoms with Gasteiger partial charge in [0.1, 0.15) is 24.3 Å². The average molecular weight is 570 g/mol. The van der Waals surface area contributed by atoms with Gasteiger partial charge in [-0.05, 0) is 62.8 Å². The van der Waals surface area contributed by atoms with Crippen molar-refractivity contribution in [2.24, 2.45) is 11.8 Å². The summed E-state index contributed by atoms with van der Waals surface area (Å²) in [6.07, 6.45) is 10.5. The van der Waals surface area contributed by atoms with Gasteiger partial charge in [0.05, 0.1) is 13.7 Å². The molecular formula is C31H43N3O7. The predicted molar refractivity (Wildman–Crippen MR) is 153 cm³/mol. The van der Waals surface area contributed by atoms with Crippen LogP contribution in [0, 0.1) is 11.8 Å². The van der Waals surface area contributed by atoms with Crippen LogP contribution in [0.2, 0.25) is 0 Å². The van der Waals surface area contributed by atoms with Gasteiger partial charge in [-0.3, -0.25) is 14.2 Å². The van der Waals surface area contributed by atoms with Crippen LogP contribution >= 0.6 is 0 Å². The zero-order chi connectivity index (χ0) is 29.4. The molecule has 224 valence electrons. The number of nitrogens with one attached hydrogen (secondary N) is 1. The van der Waals surface area contributed by atoms with Crippen LogP contribution in [-0.2, 0) is 25.6 Å². The van der Waals surface area contributed by atoms with Crippen LogP contribution < -0.4 is 15.6 Å². The lowest BCUT2D eigenvalue weighted by molar-refractivity contribution is -0.152. The van der Waals surface area contributed by atoms with Crippen molar-refractivity contribution in [3.05, 3.63) is 53.9 Å². The minimum absolute atomic E-state index is 0.0552. The van der Waals surface area contributed by atoms with E-state index in [1.165, 1.54) is 22.6 Å². The number of allylic oxidation sites excluding steroid dienone is 2. The van der Waals surface area contributed by atoms with E-state index in [-0.39, 0.29) is 48.9 Å². The lowest BCUT2D eigenvalue weighted by Crippen LogP contribution is -2.55. The van der Waals surface area contributed by atoms with Gasteiger partial charge in [-0.2, -0.15) is 0 Å². The first-order valence-corrected chi connectivity index (χ1v) is 14.8. The molecule has 3 aliphatic rings. The minimum atomic E-state index is -0.874. The zero-order valence-electron chi connectivity index (χ0n) is 24.0. The highest BCUT2D eigenvalue weighted by Gasteiger charge is 2.46. The van der Waals surface area contributed by atoms with Gasteiger partial charge in [-0.15, -0.1) is 13.2 Å². The topological polar surface area (TPSA) is 116 Å². The Morgan fingerprint density at radius 1 is 1.10 bits per heavy atom. The van der Waals surface area contributed by atoms with Crippen LogP contribution in [0.1, 0.15) is 64.2 Å². The first kappa shape index (κ1) is 30.4. The molecule has 0 unspecified atom stereocenters. The lowest BCUT2D eigenvalue weighted by Gasteiger charge is -2.31. The van der Waals surface area contributed by atoms with E-state index in [1.807, 2.05) is 6.08 Å². The normalized spacial score (nSPS) is 25.0. The predicted octanol–water partition coefficient (Wildman–Crippen LogP) is 3.98. The number of ether oxygens (including phenoxy) is 3. The summed E-state index contributed by atoms with van der Waals surface area (Å²) in [7, 11) is 1.28. The van der Waals surface area contributed by atoms with Crippen molar-refractivity contribution in [2.75, 3.05) is 13.7 Å². The summed E-state index contributed by atoms with van der Waals surface area (Å²) in [5.41, 5.74) is -0.240. The number of rotatable bonds is 12. The molecule has 4 rings (SSSR count). The molecule has 1 aromatic heterocycles. The molecule has 1 saturated heterocycles. The van der Waals surface area contributed by atoms with Gasteiger partial charge in [0, 0.05) is 19.0 Å². The standard InChI is InChI=1S/C31H43N3O7/c1-4-6-11-21-14-9-15-25(21)41-31(38)32-28(22-12-7-8-13-22)29(36)34-20-23(19-24(34)30(37)39-3)40-27-17-10-16-26(35)33(27)18-5-2/h4-5,10,16-17,21-25,28H,1-2,6-9,11-15,18-20H2,3H3,(H,32,38)/t21-,23-,24+,25-,28+/m1/s1. The summed E-state index contributed by atoms with van der Waals surface area (Å²) in [6.45, 7) is 7.87. The van der Waals surface area contributed by atoms with Gasteiger partial charge in [-0.1, -0.05) is 31.1 Å². The van der Waals surface area contributed by atoms with E-state index < -0.39 is 30.3 Å². The summed E-state index contributed by atoms with van der Waals surface area (Å²) < 4.78 is 18.5. The Balaban J connectivity index is 1.50. The van der Waals surface area contributed by atoms with Gasteiger partial charge in [0.2, 0.25) is 5.91 Å². The minimum Gasteiger partial charge on any atom is -0.473 e. The molecule has 1 N–H and O–H groups in total. The second-order valence-electron chi connectivity index (χ2n) is 11.3. The maximum atomic E-state index is 14.1. The smallest absolute Gasteiger partial charge is 0.408 e. The molecule has 0 bridgehead atoms. The second-order valence-corrected chi connectivity index (χ2v) is 11.3. The van der Waals surface area contributed by atoms with Crippen LogP contribution in [0.4, 0.5) is 4.79 Å². The number of likely N-dealkylation sites (tertiary alicyclic amines) is 1. The van der Waals surface area contributed by atoms with Crippen LogP contribution in [0.15, 0.2) is 48.3 Å². The third-order valence-electron chi connectivity index (χ3n) is 8.63. The SMILES string of the molecule is C=CCC[C@@H]1CCC[C@H]1OC(=O)N[C@H](C(=O)N1C[C@H](Oc2cccc(=O)n2CC=C)C[C@H]1C(=O)OC)C1CCCC1. The summed E-state index contributed by atoms with van der Waals surface area (Å²) in [5.74, 6) is -0.334. The van der Waals surface area contributed by atoms with Crippen molar-refractivity contribution >= 4 is 18.0 Å². The van der Waals surface area contributed by atoms with Crippen molar-refractivity contribution in [1.29, 1.82) is 0 Å². The molecule has 5 atom stereocenters. The number of amides is 2. The first-order chi connectivity index (χ1) is 19.9. The summed E-state index contributed by atoms with van der Waals surface area (Å²) in [5, 5.41) is 2.89. The molecule has 1 aromatic rings. The van der Waals surface area contributed by atoms with Gasteiger partial charge < -0.3 is 24.4 Å². The third-order valence-corrected chi connectivity index (χ3v) is 8.63. The highest BCUT2D eigenvalue weighted by atomic mass is 16.6. The number of alkyl carbamates (subject to hydrolysis) is 1. The number of aromatic nitrogens is 1. The fourth-order valence-corrected chi connectivity index (χ4v) is 6.54. The molecular weight excluding hydrogens is 526 g/mol. The van der Waals surface area contributed by atoms with Crippen LogP contribution in [0.5, 0.6) is 5.88 Å². The van der Waals surface area contributed by atoms with E-state index >= 15 is 0 Å². The van der Waals surface area contributed by atoms with E-state index in [2.05, 4.69) is 18.5 Å².